The van der Waals surface area contributed by atoms with Gasteiger partial charge in [-0.15, -0.1) is 10.2 Å². The van der Waals surface area contributed by atoms with Crippen molar-refractivity contribution in [3.8, 4) is 17.5 Å². The zero-order chi connectivity index (χ0) is 24.5. The van der Waals surface area contributed by atoms with Crippen LogP contribution >= 0.6 is 11.8 Å². The van der Waals surface area contributed by atoms with Crippen LogP contribution < -0.4 is 9.80 Å². The molecule has 7 nitrogen and oxygen atoms in total. The number of nitrogens with zero attached hydrogens (tertiary/aromatic N) is 6. The molecule has 1 amide bonds. The van der Waals surface area contributed by atoms with Crippen LogP contribution in [0.3, 0.4) is 0 Å². The maximum Gasteiger partial charge on any atom is 0.240 e. The SMILES string of the molecule is CCN(CC)c1ccc(-c2nnc(SC(C)C(=O)N(CCC#N)c3ccccc3)n2CC)cc1. The number of para-hydroxylation sites is 1. The predicted molar refractivity (Wildman–Crippen MR) is 139 cm³/mol. The van der Waals surface area contributed by atoms with E-state index in [-0.39, 0.29) is 17.6 Å². The van der Waals surface area contributed by atoms with E-state index in [2.05, 4.69) is 66.2 Å². The Bertz CT molecular complexity index is 1100. The van der Waals surface area contributed by atoms with Crippen LogP contribution in [0.25, 0.3) is 11.4 Å². The molecule has 34 heavy (non-hydrogen) atoms. The van der Waals surface area contributed by atoms with E-state index in [0.717, 1.165) is 30.2 Å². The number of thioether (sulfide) groups is 1. The fourth-order valence-corrected chi connectivity index (χ4v) is 4.82. The highest BCUT2D eigenvalue weighted by atomic mass is 32.2. The van der Waals surface area contributed by atoms with Gasteiger partial charge in [0.15, 0.2) is 11.0 Å². The van der Waals surface area contributed by atoms with Crippen LogP contribution in [0.2, 0.25) is 0 Å². The van der Waals surface area contributed by atoms with Gasteiger partial charge in [-0.3, -0.25) is 4.79 Å². The second-order valence-electron chi connectivity index (χ2n) is 7.76. The average Bonchev–Trinajstić information content (AvgIpc) is 3.28. The van der Waals surface area contributed by atoms with Gasteiger partial charge in [0.05, 0.1) is 17.7 Å². The molecule has 0 spiro atoms. The summed E-state index contributed by atoms with van der Waals surface area (Å²) < 4.78 is 2.04. The molecule has 1 heterocycles. The highest BCUT2D eigenvalue weighted by Crippen LogP contribution is 2.29. The summed E-state index contributed by atoms with van der Waals surface area (Å²) in [5.41, 5.74) is 2.97. The first-order valence-electron chi connectivity index (χ1n) is 11.7. The van der Waals surface area contributed by atoms with Crippen LogP contribution in [0.5, 0.6) is 0 Å². The lowest BCUT2D eigenvalue weighted by Gasteiger charge is -2.24. The summed E-state index contributed by atoms with van der Waals surface area (Å²) >= 11 is 1.40. The lowest BCUT2D eigenvalue weighted by atomic mass is 10.2. The molecule has 0 saturated carbocycles. The molecule has 1 aromatic heterocycles. The van der Waals surface area contributed by atoms with Crippen LogP contribution in [0.4, 0.5) is 11.4 Å². The van der Waals surface area contributed by atoms with E-state index in [1.54, 1.807) is 4.90 Å². The number of carbonyl (C=O) groups is 1. The number of hydrogen-bond acceptors (Lipinski definition) is 6. The van der Waals surface area contributed by atoms with Crippen LogP contribution in [-0.4, -0.2) is 45.6 Å². The molecule has 0 radical (unpaired) electrons. The average molecular weight is 477 g/mol. The number of rotatable bonds is 11. The second-order valence-corrected chi connectivity index (χ2v) is 9.07. The van der Waals surface area contributed by atoms with Crippen LogP contribution in [0, 0.1) is 11.3 Å². The van der Waals surface area contributed by atoms with Gasteiger partial charge < -0.3 is 14.4 Å². The van der Waals surface area contributed by atoms with Gasteiger partial charge in [0.2, 0.25) is 5.91 Å². The van der Waals surface area contributed by atoms with Gasteiger partial charge in [0.25, 0.3) is 0 Å². The summed E-state index contributed by atoms with van der Waals surface area (Å²) in [4.78, 5) is 17.3. The molecule has 0 aliphatic rings. The number of hydrogen-bond donors (Lipinski definition) is 0. The Hall–Kier alpha value is -3.31. The number of amides is 1. The maximum atomic E-state index is 13.3. The van der Waals surface area contributed by atoms with Crippen molar-refractivity contribution >= 4 is 29.0 Å². The molecule has 1 atom stereocenters. The monoisotopic (exact) mass is 476 g/mol. The lowest BCUT2D eigenvalue weighted by molar-refractivity contribution is -0.117. The summed E-state index contributed by atoms with van der Waals surface area (Å²) in [5, 5.41) is 18.2. The van der Waals surface area contributed by atoms with Gasteiger partial charge in [-0.25, -0.2) is 0 Å². The zero-order valence-corrected chi connectivity index (χ0v) is 21.1. The molecule has 3 rings (SSSR count). The van der Waals surface area contributed by atoms with Crippen LogP contribution in [0.1, 0.15) is 34.1 Å². The third kappa shape index (κ3) is 5.78. The summed E-state index contributed by atoms with van der Waals surface area (Å²) in [7, 11) is 0. The highest BCUT2D eigenvalue weighted by Gasteiger charge is 2.25. The van der Waals surface area contributed by atoms with Crippen molar-refractivity contribution in [2.24, 2.45) is 0 Å². The Morgan fingerprint density at radius 1 is 1.03 bits per heavy atom. The maximum absolute atomic E-state index is 13.3. The van der Waals surface area contributed by atoms with Crippen molar-refractivity contribution in [3.05, 3.63) is 54.6 Å². The van der Waals surface area contributed by atoms with Crippen molar-refractivity contribution in [1.29, 1.82) is 5.26 Å². The smallest absolute Gasteiger partial charge is 0.240 e. The molecule has 0 aliphatic carbocycles. The summed E-state index contributed by atoms with van der Waals surface area (Å²) in [6, 6.07) is 20.0. The Kier molecular flexibility index (Phi) is 9.11. The Balaban J connectivity index is 1.80. The van der Waals surface area contributed by atoms with Gasteiger partial charge in [0, 0.05) is 43.1 Å². The Morgan fingerprint density at radius 3 is 2.29 bits per heavy atom. The summed E-state index contributed by atoms with van der Waals surface area (Å²) in [6.45, 7) is 11.2. The van der Waals surface area contributed by atoms with E-state index in [1.165, 1.54) is 17.4 Å². The first-order valence-corrected chi connectivity index (χ1v) is 12.6. The van der Waals surface area contributed by atoms with Crippen molar-refractivity contribution < 1.29 is 4.79 Å². The van der Waals surface area contributed by atoms with Crippen molar-refractivity contribution in [2.75, 3.05) is 29.4 Å². The van der Waals surface area contributed by atoms with Gasteiger partial charge in [-0.05, 0) is 64.1 Å². The highest BCUT2D eigenvalue weighted by molar-refractivity contribution is 8.00. The molecule has 3 aromatic rings. The first kappa shape index (κ1) is 25.3. The fourth-order valence-electron chi connectivity index (χ4n) is 3.85. The quantitative estimate of drug-likeness (QED) is 0.352. The molecular formula is C26H32N6OS. The molecule has 8 heteroatoms. The van der Waals surface area contributed by atoms with Gasteiger partial charge >= 0.3 is 0 Å². The molecule has 0 fully saturated rings. The largest absolute Gasteiger partial charge is 0.372 e. The van der Waals surface area contributed by atoms with E-state index in [9.17, 15) is 4.79 Å². The van der Waals surface area contributed by atoms with Gasteiger partial charge in [0.1, 0.15) is 0 Å². The van der Waals surface area contributed by atoms with Gasteiger partial charge in [-0.2, -0.15) is 5.26 Å². The first-order chi connectivity index (χ1) is 16.5. The minimum Gasteiger partial charge on any atom is -0.372 e. The standard InChI is InChI=1S/C26H32N6OS/c1-5-30(6-2)22-16-14-21(15-17-22)24-28-29-26(31(24)7-3)34-20(4)25(33)32(19-11-18-27)23-12-9-8-10-13-23/h8-10,12-17,20H,5-7,11,19H2,1-4H3. The van der Waals surface area contributed by atoms with Crippen LogP contribution in [-0.2, 0) is 11.3 Å². The predicted octanol–water partition coefficient (Wildman–Crippen LogP) is 5.24. The van der Waals surface area contributed by atoms with E-state index >= 15 is 0 Å². The fraction of sp³-hybridized carbons (Fsp3) is 0.385. The Morgan fingerprint density at radius 2 is 1.71 bits per heavy atom. The van der Waals surface area contributed by atoms with Gasteiger partial charge in [-0.1, -0.05) is 30.0 Å². The topological polar surface area (TPSA) is 78.1 Å². The Labute approximate surface area is 206 Å². The molecular weight excluding hydrogens is 444 g/mol. The number of carbonyl (C=O) groups excluding carboxylic acids is 1. The molecule has 1 unspecified atom stereocenters. The molecule has 0 aliphatic heterocycles. The third-order valence-corrected chi connectivity index (χ3v) is 6.77. The van der Waals surface area contributed by atoms with E-state index in [0.29, 0.717) is 18.2 Å². The zero-order valence-electron chi connectivity index (χ0n) is 20.3. The molecule has 0 bridgehead atoms. The van der Waals surface area contributed by atoms with E-state index in [4.69, 9.17) is 5.26 Å². The number of aromatic nitrogens is 3. The molecule has 178 valence electrons. The second kappa shape index (κ2) is 12.2. The molecule has 0 N–H and O–H groups in total. The number of anilines is 2. The summed E-state index contributed by atoms with van der Waals surface area (Å²) in [5.74, 6) is 0.738. The molecule has 0 saturated heterocycles. The number of nitriles is 1. The third-order valence-electron chi connectivity index (χ3n) is 5.70. The minimum atomic E-state index is -0.383. The van der Waals surface area contributed by atoms with E-state index < -0.39 is 0 Å². The van der Waals surface area contributed by atoms with Crippen molar-refractivity contribution in [2.45, 2.75) is 51.1 Å². The lowest BCUT2D eigenvalue weighted by Crippen LogP contribution is -2.37. The number of benzene rings is 2. The normalized spacial score (nSPS) is 11.6. The molecule has 2 aromatic carbocycles. The van der Waals surface area contributed by atoms with Crippen LogP contribution in [0.15, 0.2) is 59.8 Å². The van der Waals surface area contributed by atoms with Crippen molar-refractivity contribution in [1.82, 2.24) is 14.8 Å². The summed E-state index contributed by atoms with van der Waals surface area (Å²) in [6.07, 6.45) is 0.275. The minimum absolute atomic E-state index is 0.0535. The van der Waals surface area contributed by atoms with Crippen molar-refractivity contribution in [3.63, 3.8) is 0 Å². The van der Waals surface area contributed by atoms with E-state index in [1.807, 2.05) is 41.8 Å².